The van der Waals surface area contributed by atoms with Crippen molar-refractivity contribution in [1.29, 1.82) is 0 Å². The van der Waals surface area contributed by atoms with E-state index in [-0.39, 0.29) is 87.0 Å². The minimum absolute atomic E-state index is 0. The second-order valence-corrected chi connectivity index (χ2v) is 13.7. The molecule has 0 aliphatic heterocycles. The first-order valence-corrected chi connectivity index (χ1v) is 17.5. The minimum Gasteiger partial charge on any atom is -0.744 e. The van der Waals surface area contributed by atoms with E-state index in [1.165, 1.54) is 56.7 Å². The summed E-state index contributed by atoms with van der Waals surface area (Å²) in [6, 6.07) is 22.4. The Morgan fingerprint density at radius 1 is 0.604 bits per heavy atom. The minimum atomic E-state index is -5.06. The van der Waals surface area contributed by atoms with Crippen LogP contribution in [0.4, 0.5) is 34.1 Å². The standard InChI is InChI=1S/C34H28N6O9S2.2Na/c1-48-30-13-18(4-10-28(30)38-37-27-12-9-26(36)25-17-22(50(42,43)44)7-8-23(25)27)19-5-11-29(31(14-19)49-2)39-40-33-32(51(45,46)47)15-20-3-6-21(35)16-24(20)34(33)41;;/h3-17,41H,35-36H2,1-2H3,(H,42,43,44)(H,45,46,47);;/q;2*+1/p-2. The van der Waals surface area contributed by atoms with Crippen LogP contribution >= 0.6 is 0 Å². The molecule has 6 rings (SSSR count). The van der Waals surface area contributed by atoms with E-state index >= 15 is 0 Å². The van der Waals surface area contributed by atoms with E-state index in [1.807, 2.05) is 0 Å². The van der Waals surface area contributed by atoms with E-state index in [9.17, 15) is 31.0 Å². The molecule has 53 heavy (non-hydrogen) atoms. The Balaban J connectivity index is 0.00000314. The molecule has 6 aromatic carbocycles. The number of hydrogen-bond donors (Lipinski definition) is 3. The molecule has 6 aromatic rings. The fourth-order valence-electron chi connectivity index (χ4n) is 5.31. The van der Waals surface area contributed by atoms with Crippen LogP contribution in [0, 0.1) is 0 Å². The topological polar surface area (TPSA) is 255 Å². The van der Waals surface area contributed by atoms with Crippen LogP contribution in [0.3, 0.4) is 0 Å². The number of hydrogen-bond acceptors (Lipinski definition) is 15. The molecule has 0 amide bonds. The second kappa shape index (κ2) is 16.5. The summed E-state index contributed by atoms with van der Waals surface area (Å²) in [5.74, 6) is 0.0155. The Hall–Kier alpha value is -4.14. The fraction of sp³-hybridized carbons (Fsp3) is 0.0588. The molecule has 0 unspecified atom stereocenters. The number of phenols is 1. The summed E-state index contributed by atoms with van der Waals surface area (Å²) < 4.78 is 81.8. The van der Waals surface area contributed by atoms with Crippen molar-refractivity contribution in [2.24, 2.45) is 20.5 Å². The maximum absolute atomic E-state index is 12.1. The Labute approximate surface area is 347 Å². The van der Waals surface area contributed by atoms with Crippen LogP contribution in [0.1, 0.15) is 0 Å². The van der Waals surface area contributed by atoms with Crippen molar-refractivity contribution in [2.75, 3.05) is 25.7 Å². The molecule has 0 fully saturated rings. The summed E-state index contributed by atoms with van der Waals surface area (Å²) in [5, 5.41) is 28.8. The maximum atomic E-state index is 12.1. The Bertz CT molecular complexity index is 2680. The number of methoxy groups -OCH3 is 2. The fourth-order valence-corrected chi connectivity index (χ4v) is 6.46. The molecule has 0 aliphatic carbocycles. The molecule has 0 radical (unpaired) electrons. The van der Waals surface area contributed by atoms with Gasteiger partial charge in [0.25, 0.3) is 0 Å². The number of anilines is 2. The van der Waals surface area contributed by atoms with Crippen LogP contribution in [0.25, 0.3) is 32.7 Å². The first-order chi connectivity index (χ1) is 24.2. The van der Waals surface area contributed by atoms with Gasteiger partial charge in [0.1, 0.15) is 48.8 Å². The summed E-state index contributed by atoms with van der Waals surface area (Å²) in [5.41, 5.74) is 14.1. The largest absolute Gasteiger partial charge is 1.00 e. The van der Waals surface area contributed by atoms with E-state index in [1.54, 1.807) is 42.5 Å². The van der Waals surface area contributed by atoms with Crippen LogP contribution in [0.15, 0.2) is 121 Å². The van der Waals surface area contributed by atoms with Crippen LogP contribution in [0.2, 0.25) is 0 Å². The number of ether oxygens (including phenoxy) is 2. The van der Waals surface area contributed by atoms with Crippen molar-refractivity contribution in [1.82, 2.24) is 0 Å². The summed E-state index contributed by atoms with van der Waals surface area (Å²) in [6.45, 7) is 0. The van der Waals surface area contributed by atoms with Gasteiger partial charge in [0.15, 0.2) is 5.75 Å². The predicted molar refractivity (Wildman–Crippen MR) is 188 cm³/mol. The van der Waals surface area contributed by atoms with E-state index in [0.717, 1.165) is 6.07 Å². The molecule has 0 aromatic heterocycles. The number of nitrogens with zero attached hydrogens (tertiary/aromatic N) is 4. The first-order valence-electron chi connectivity index (χ1n) is 14.7. The molecular weight excluding hydrogens is 747 g/mol. The van der Waals surface area contributed by atoms with Crippen LogP contribution in [0.5, 0.6) is 17.2 Å². The molecule has 15 nitrogen and oxygen atoms in total. The van der Waals surface area contributed by atoms with Crippen LogP contribution in [-0.4, -0.2) is 45.3 Å². The molecule has 5 N–H and O–H groups in total. The van der Waals surface area contributed by atoms with Gasteiger partial charge in [-0.15, -0.1) is 20.5 Å². The van der Waals surface area contributed by atoms with Crippen molar-refractivity contribution < 1.29 is 99.6 Å². The van der Waals surface area contributed by atoms with Gasteiger partial charge in [-0.2, -0.15) is 0 Å². The van der Waals surface area contributed by atoms with Crippen molar-refractivity contribution >= 4 is 75.9 Å². The first kappa shape index (κ1) is 41.6. The third-order valence-electron chi connectivity index (χ3n) is 7.85. The molecule has 260 valence electrons. The number of azo groups is 2. The molecule has 0 atom stereocenters. The van der Waals surface area contributed by atoms with Gasteiger partial charge in [0.05, 0.1) is 29.7 Å². The third kappa shape index (κ3) is 8.81. The summed E-state index contributed by atoms with van der Waals surface area (Å²) in [7, 11) is -6.89. The van der Waals surface area contributed by atoms with Gasteiger partial charge in [0.2, 0.25) is 0 Å². The Kier molecular flexibility index (Phi) is 12.9. The number of nitrogens with two attached hydrogens (primary N) is 2. The number of nitrogen functional groups attached to an aromatic ring is 2. The summed E-state index contributed by atoms with van der Waals surface area (Å²) >= 11 is 0. The van der Waals surface area contributed by atoms with Gasteiger partial charge < -0.3 is 35.2 Å². The smallest absolute Gasteiger partial charge is 0.744 e. The zero-order chi connectivity index (χ0) is 36.7. The van der Waals surface area contributed by atoms with Gasteiger partial charge in [-0.25, -0.2) is 16.8 Å². The van der Waals surface area contributed by atoms with E-state index in [2.05, 4.69) is 20.5 Å². The maximum Gasteiger partial charge on any atom is 1.00 e. The van der Waals surface area contributed by atoms with Crippen molar-refractivity contribution in [3.63, 3.8) is 0 Å². The molecule has 0 heterocycles. The number of fused-ring (bicyclic) bond motifs is 2. The van der Waals surface area contributed by atoms with Gasteiger partial charge in [0, 0.05) is 27.5 Å². The van der Waals surface area contributed by atoms with Gasteiger partial charge in [-0.05, 0) is 83.2 Å². The molecule has 0 saturated carbocycles. The van der Waals surface area contributed by atoms with Crippen molar-refractivity contribution in [3.8, 4) is 28.4 Å². The monoisotopic (exact) mass is 772 g/mol. The van der Waals surface area contributed by atoms with Gasteiger partial charge >= 0.3 is 59.1 Å². The zero-order valence-corrected chi connectivity index (χ0v) is 34.3. The van der Waals surface area contributed by atoms with Crippen molar-refractivity contribution in [2.45, 2.75) is 9.79 Å². The van der Waals surface area contributed by atoms with Crippen molar-refractivity contribution in [3.05, 3.63) is 91.0 Å². The zero-order valence-electron chi connectivity index (χ0n) is 28.6. The average Bonchev–Trinajstić information content (AvgIpc) is 3.10. The summed E-state index contributed by atoms with van der Waals surface area (Å²) in [6.07, 6.45) is 0. The quantitative estimate of drug-likeness (QED) is 0.0814. The normalized spacial score (nSPS) is 11.8. The van der Waals surface area contributed by atoms with Gasteiger partial charge in [-0.1, -0.05) is 24.3 Å². The molecular formula is C34H26N6Na2O9S2. The Morgan fingerprint density at radius 3 is 1.74 bits per heavy atom. The van der Waals surface area contributed by atoms with Crippen LogP contribution in [-0.2, 0) is 20.2 Å². The number of phenolic OH excluding ortho intramolecular Hbond substituents is 1. The number of rotatable bonds is 9. The molecule has 0 spiro atoms. The van der Waals surface area contributed by atoms with E-state index < -0.39 is 41.5 Å². The molecule has 0 bridgehead atoms. The molecule has 0 aliphatic rings. The number of aromatic hydroxyl groups is 1. The SMILES string of the molecule is COc1cc(-c2ccc(N=Nc3ccc(N)c4cc(S(=O)(=O)[O-])ccc34)c(OC)c2)ccc1N=Nc1c(S(=O)(=O)[O-])cc2ccc(N)cc2c1O.[Na+].[Na+]. The Morgan fingerprint density at radius 2 is 1.17 bits per heavy atom. The van der Waals surface area contributed by atoms with E-state index in [4.69, 9.17) is 20.9 Å². The third-order valence-corrected chi connectivity index (χ3v) is 9.53. The van der Waals surface area contributed by atoms with Gasteiger partial charge in [-0.3, -0.25) is 0 Å². The average molecular weight is 773 g/mol. The summed E-state index contributed by atoms with van der Waals surface area (Å²) in [4.78, 5) is -1.17. The predicted octanol–water partition coefficient (Wildman–Crippen LogP) is 1.19. The molecule has 19 heteroatoms. The molecule has 0 saturated heterocycles. The van der Waals surface area contributed by atoms with E-state index in [0.29, 0.717) is 44.7 Å². The van der Waals surface area contributed by atoms with Crippen LogP contribution < -0.4 is 80.1 Å². The second-order valence-electron chi connectivity index (χ2n) is 11.0. The number of benzene rings is 6.